The predicted molar refractivity (Wildman–Crippen MR) is 60.8 cm³/mol. The molecule has 0 bridgehead atoms. The minimum Gasteiger partial charge on any atom is -0.481 e. The number of aromatic nitrogens is 1. The zero-order chi connectivity index (χ0) is 12.8. The average molecular weight is 234 g/mol. The third-order valence-corrected chi connectivity index (χ3v) is 2.27. The van der Waals surface area contributed by atoms with E-state index in [4.69, 9.17) is 15.1 Å². The minimum atomic E-state index is -0.975. The second kappa shape index (κ2) is 5.85. The van der Waals surface area contributed by atoms with Crippen LogP contribution in [0.4, 0.5) is 0 Å². The fourth-order valence-corrected chi connectivity index (χ4v) is 1.58. The number of aliphatic carboxylic acids is 1. The zero-order valence-corrected chi connectivity index (χ0v) is 9.86. The van der Waals surface area contributed by atoms with Crippen LogP contribution in [0.25, 0.3) is 0 Å². The van der Waals surface area contributed by atoms with Crippen LogP contribution >= 0.6 is 0 Å². The fraction of sp³-hybridized carbons (Fsp3) is 0.417. The van der Waals surface area contributed by atoms with Gasteiger partial charge in [0.2, 0.25) is 5.88 Å². The maximum atomic E-state index is 10.7. The Morgan fingerprint density at radius 1 is 1.65 bits per heavy atom. The van der Waals surface area contributed by atoms with Gasteiger partial charge >= 0.3 is 5.97 Å². The molecule has 0 aliphatic carbocycles. The highest BCUT2D eigenvalue weighted by atomic mass is 16.5. The lowest BCUT2D eigenvalue weighted by atomic mass is 10.0. The third kappa shape index (κ3) is 3.18. The molecule has 1 heterocycles. The molecule has 0 aromatic carbocycles. The molecule has 0 aliphatic heterocycles. The number of carboxylic acids is 1. The first kappa shape index (κ1) is 13.0. The smallest absolute Gasteiger partial charge is 0.307 e. The number of methoxy groups -OCH3 is 1. The van der Waals surface area contributed by atoms with Crippen LogP contribution in [0.5, 0.6) is 5.88 Å². The highest BCUT2D eigenvalue weighted by Crippen LogP contribution is 2.21. The van der Waals surface area contributed by atoms with E-state index in [1.165, 1.54) is 7.11 Å². The van der Waals surface area contributed by atoms with Crippen molar-refractivity contribution in [1.29, 1.82) is 5.26 Å². The lowest BCUT2D eigenvalue weighted by Crippen LogP contribution is -2.07. The number of carboxylic acid groups (broad SMARTS) is 1. The van der Waals surface area contributed by atoms with Gasteiger partial charge in [0.05, 0.1) is 13.5 Å². The van der Waals surface area contributed by atoms with Crippen molar-refractivity contribution < 1.29 is 14.6 Å². The molecule has 0 saturated heterocycles. The molecule has 5 nitrogen and oxygen atoms in total. The molecule has 1 rings (SSSR count). The van der Waals surface area contributed by atoms with Crippen LogP contribution < -0.4 is 4.74 Å². The second-order valence-corrected chi connectivity index (χ2v) is 3.59. The molecule has 1 aromatic heterocycles. The molecule has 0 aliphatic rings. The largest absolute Gasteiger partial charge is 0.481 e. The molecule has 0 atom stereocenters. The number of rotatable bonds is 5. The summed E-state index contributed by atoms with van der Waals surface area (Å²) in [4.78, 5) is 14.9. The monoisotopic (exact) mass is 234 g/mol. The number of pyridine rings is 1. The van der Waals surface area contributed by atoms with Gasteiger partial charge in [0, 0.05) is 5.69 Å². The molecule has 90 valence electrons. The first-order chi connectivity index (χ1) is 8.12. The fourth-order valence-electron chi connectivity index (χ4n) is 1.58. The summed E-state index contributed by atoms with van der Waals surface area (Å²) < 4.78 is 5.02. The second-order valence-electron chi connectivity index (χ2n) is 3.59. The van der Waals surface area contributed by atoms with Gasteiger partial charge in [0.15, 0.2) is 0 Å². The Hall–Kier alpha value is -2.09. The number of ether oxygens (including phenoxy) is 1. The maximum absolute atomic E-state index is 10.7. The number of nitriles is 1. The van der Waals surface area contributed by atoms with Crippen molar-refractivity contribution in [2.45, 2.75) is 26.2 Å². The van der Waals surface area contributed by atoms with E-state index < -0.39 is 5.97 Å². The Bertz CT molecular complexity index is 464. The molecule has 0 radical (unpaired) electrons. The number of carbonyl (C=O) groups is 1. The van der Waals surface area contributed by atoms with Crippen LogP contribution in [0.2, 0.25) is 0 Å². The SMILES string of the molecule is CCCc1cc(CC(=O)O)c(C#N)c(OC)n1. The summed E-state index contributed by atoms with van der Waals surface area (Å²) in [5.41, 5.74) is 1.41. The molecular formula is C12H14N2O3. The Morgan fingerprint density at radius 2 is 2.35 bits per heavy atom. The van der Waals surface area contributed by atoms with E-state index in [0.717, 1.165) is 18.5 Å². The summed E-state index contributed by atoms with van der Waals surface area (Å²) in [7, 11) is 1.42. The van der Waals surface area contributed by atoms with Crippen LogP contribution in [-0.4, -0.2) is 23.2 Å². The van der Waals surface area contributed by atoms with Crippen molar-refractivity contribution in [2.75, 3.05) is 7.11 Å². The number of hydrogen-bond donors (Lipinski definition) is 1. The molecule has 0 fully saturated rings. The maximum Gasteiger partial charge on any atom is 0.307 e. The van der Waals surface area contributed by atoms with E-state index in [9.17, 15) is 4.79 Å². The van der Waals surface area contributed by atoms with Gasteiger partial charge in [0.1, 0.15) is 11.6 Å². The van der Waals surface area contributed by atoms with E-state index >= 15 is 0 Å². The summed E-state index contributed by atoms with van der Waals surface area (Å²) in [6.07, 6.45) is 1.43. The molecule has 17 heavy (non-hydrogen) atoms. The van der Waals surface area contributed by atoms with Crippen molar-refractivity contribution in [3.63, 3.8) is 0 Å². The molecule has 1 aromatic rings. The number of aryl methyl sites for hydroxylation is 1. The van der Waals surface area contributed by atoms with E-state index in [1.54, 1.807) is 6.07 Å². The van der Waals surface area contributed by atoms with Gasteiger partial charge in [-0.15, -0.1) is 0 Å². The Labute approximate surface area is 99.7 Å². The Morgan fingerprint density at radius 3 is 2.82 bits per heavy atom. The zero-order valence-electron chi connectivity index (χ0n) is 9.86. The lowest BCUT2D eigenvalue weighted by molar-refractivity contribution is -0.136. The van der Waals surface area contributed by atoms with Crippen molar-refractivity contribution in [1.82, 2.24) is 4.98 Å². The molecule has 0 amide bonds. The summed E-state index contributed by atoms with van der Waals surface area (Å²) in [5.74, 6) is -0.771. The van der Waals surface area contributed by atoms with Crippen LogP contribution in [0.3, 0.4) is 0 Å². The highest BCUT2D eigenvalue weighted by Gasteiger charge is 2.15. The summed E-state index contributed by atoms with van der Waals surface area (Å²) >= 11 is 0. The number of hydrogen-bond acceptors (Lipinski definition) is 4. The van der Waals surface area contributed by atoms with Crippen molar-refractivity contribution >= 4 is 5.97 Å². The normalized spacial score (nSPS) is 9.71. The third-order valence-electron chi connectivity index (χ3n) is 2.27. The van der Waals surface area contributed by atoms with Gasteiger partial charge in [-0.3, -0.25) is 4.79 Å². The van der Waals surface area contributed by atoms with Crippen molar-refractivity contribution in [3.8, 4) is 11.9 Å². The topological polar surface area (TPSA) is 83.2 Å². The first-order valence-corrected chi connectivity index (χ1v) is 5.31. The van der Waals surface area contributed by atoms with Gasteiger partial charge in [0.25, 0.3) is 0 Å². The molecule has 5 heteroatoms. The Balaban J connectivity index is 3.27. The van der Waals surface area contributed by atoms with Crippen LogP contribution in [0.15, 0.2) is 6.07 Å². The summed E-state index contributed by atoms with van der Waals surface area (Å²) in [6, 6.07) is 3.60. The average Bonchev–Trinajstić information content (AvgIpc) is 2.28. The van der Waals surface area contributed by atoms with Crippen molar-refractivity contribution in [2.24, 2.45) is 0 Å². The molecule has 0 unspecified atom stereocenters. The van der Waals surface area contributed by atoms with E-state index in [2.05, 4.69) is 4.98 Å². The Kier molecular flexibility index (Phi) is 4.46. The van der Waals surface area contributed by atoms with Crippen LogP contribution in [-0.2, 0) is 17.6 Å². The van der Waals surface area contributed by atoms with Crippen LogP contribution in [0, 0.1) is 11.3 Å². The summed E-state index contributed by atoms with van der Waals surface area (Å²) in [6.45, 7) is 2.00. The van der Waals surface area contributed by atoms with E-state index in [0.29, 0.717) is 5.56 Å². The molecular weight excluding hydrogens is 220 g/mol. The number of nitrogens with zero attached hydrogens (tertiary/aromatic N) is 2. The van der Waals surface area contributed by atoms with Gasteiger partial charge in [-0.25, -0.2) is 4.98 Å². The van der Waals surface area contributed by atoms with Gasteiger partial charge < -0.3 is 9.84 Å². The molecule has 0 spiro atoms. The first-order valence-electron chi connectivity index (χ1n) is 5.31. The van der Waals surface area contributed by atoms with Gasteiger partial charge in [-0.1, -0.05) is 13.3 Å². The molecule has 1 N–H and O–H groups in total. The van der Waals surface area contributed by atoms with Gasteiger partial charge in [-0.2, -0.15) is 5.26 Å². The standard InChI is InChI=1S/C12H14N2O3/c1-3-4-9-5-8(6-11(15)16)10(7-13)12(14-9)17-2/h5H,3-4,6H2,1-2H3,(H,15,16). The minimum absolute atomic E-state index is 0.196. The van der Waals surface area contributed by atoms with Gasteiger partial charge in [-0.05, 0) is 18.1 Å². The lowest BCUT2D eigenvalue weighted by Gasteiger charge is -2.09. The van der Waals surface area contributed by atoms with Crippen LogP contribution in [0.1, 0.15) is 30.2 Å². The predicted octanol–water partition coefficient (Wildman–Crippen LogP) is 1.54. The van der Waals surface area contributed by atoms with E-state index in [1.807, 2.05) is 13.0 Å². The summed E-state index contributed by atoms with van der Waals surface area (Å²) in [5, 5.41) is 17.8. The highest BCUT2D eigenvalue weighted by molar-refractivity contribution is 5.72. The molecule has 0 saturated carbocycles. The van der Waals surface area contributed by atoms with E-state index in [-0.39, 0.29) is 17.9 Å². The van der Waals surface area contributed by atoms with Crippen molar-refractivity contribution in [3.05, 3.63) is 22.9 Å². The quantitative estimate of drug-likeness (QED) is 0.835.